The lowest BCUT2D eigenvalue weighted by Crippen LogP contribution is -1.97. The molecule has 0 radical (unpaired) electrons. The highest BCUT2D eigenvalue weighted by Gasteiger charge is 2.14. The predicted octanol–water partition coefficient (Wildman–Crippen LogP) is 11.3. The molecule has 0 unspecified atom stereocenters. The summed E-state index contributed by atoms with van der Waals surface area (Å²) in [7, 11) is 0. The first kappa shape index (κ1) is 28.0. The maximum atomic E-state index is 5.11. The van der Waals surface area contributed by atoms with E-state index >= 15 is 0 Å². The standard InChI is InChI=1S/C40H27N3.C2H6/c1-3-12-28(13-4-1)31-16-11-17-32(26-31)37-27-36(29-14-5-2-6-15-29)41-40(42-37)30-22-24-33(25-23-30)43-38-20-9-7-18-34(38)35-19-8-10-21-39(35)43;1-2/h1-27H;1-2H3. The summed E-state index contributed by atoms with van der Waals surface area (Å²) in [4.78, 5) is 10.2. The van der Waals surface area contributed by atoms with Gasteiger partial charge in [-0.3, -0.25) is 0 Å². The van der Waals surface area contributed by atoms with Crippen molar-refractivity contribution >= 4 is 21.8 Å². The summed E-state index contributed by atoms with van der Waals surface area (Å²) in [6.07, 6.45) is 0. The predicted molar refractivity (Wildman–Crippen MR) is 189 cm³/mol. The third-order valence-electron chi connectivity index (χ3n) is 8.02. The van der Waals surface area contributed by atoms with E-state index < -0.39 is 0 Å². The normalized spacial score (nSPS) is 10.9. The molecule has 0 aliphatic rings. The molecule has 45 heavy (non-hydrogen) atoms. The van der Waals surface area contributed by atoms with E-state index in [-0.39, 0.29) is 0 Å². The Morgan fingerprint density at radius 3 is 1.49 bits per heavy atom. The lowest BCUT2D eigenvalue weighted by Gasteiger charge is -2.12. The maximum absolute atomic E-state index is 5.11. The topological polar surface area (TPSA) is 30.7 Å². The molecule has 0 N–H and O–H groups in total. The Morgan fingerprint density at radius 1 is 0.378 bits per heavy atom. The Bertz CT molecular complexity index is 2160. The molecule has 3 nitrogen and oxygen atoms in total. The quantitative estimate of drug-likeness (QED) is 0.203. The lowest BCUT2D eigenvalue weighted by molar-refractivity contribution is 1.16. The Hall–Kier alpha value is -5.80. The van der Waals surface area contributed by atoms with Gasteiger partial charge >= 0.3 is 0 Å². The average molecular weight is 580 g/mol. The molecular formula is C42H33N3. The molecule has 2 heterocycles. The smallest absolute Gasteiger partial charge is 0.160 e. The Labute approximate surface area is 264 Å². The summed E-state index contributed by atoms with van der Waals surface area (Å²) >= 11 is 0. The molecule has 0 bridgehead atoms. The lowest BCUT2D eigenvalue weighted by atomic mass is 10.0. The highest BCUT2D eigenvalue weighted by Crippen LogP contribution is 2.33. The Kier molecular flexibility index (Phi) is 7.74. The zero-order valence-corrected chi connectivity index (χ0v) is 25.4. The SMILES string of the molecule is CC.c1ccc(-c2cccc(-c3cc(-c4ccccc4)nc(-c4ccc(-n5c6ccccc6c6ccccc65)cc4)n3)c2)cc1. The molecule has 0 aliphatic heterocycles. The minimum absolute atomic E-state index is 0.704. The van der Waals surface area contributed by atoms with E-state index in [1.807, 2.05) is 38.1 Å². The second-order valence-corrected chi connectivity index (χ2v) is 10.7. The van der Waals surface area contributed by atoms with Crippen LogP contribution in [0.25, 0.3) is 72.5 Å². The molecular weight excluding hydrogens is 546 g/mol. The van der Waals surface area contributed by atoms with Gasteiger partial charge in [0.15, 0.2) is 5.82 Å². The molecule has 3 heteroatoms. The van der Waals surface area contributed by atoms with Gasteiger partial charge in [-0.1, -0.05) is 129 Å². The van der Waals surface area contributed by atoms with Gasteiger partial charge < -0.3 is 4.57 Å². The van der Waals surface area contributed by atoms with E-state index in [2.05, 4.69) is 144 Å². The minimum Gasteiger partial charge on any atom is -0.309 e. The third kappa shape index (κ3) is 5.41. The molecule has 0 saturated carbocycles. The first-order chi connectivity index (χ1) is 22.3. The van der Waals surface area contributed by atoms with Crippen molar-refractivity contribution in [1.82, 2.24) is 14.5 Å². The van der Waals surface area contributed by atoms with E-state index in [9.17, 15) is 0 Å². The number of nitrogens with zero attached hydrogens (tertiary/aromatic N) is 3. The van der Waals surface area contributed by atoms with Gasteiger partial charge in [-0.05, 0) is 59.7 Å². The van der Waals surface area contributed by atoms with Crippen molar-refractivity contribution in [1.29, 1.82) is 0 Å². The average Bonchev–Trinajstić information content (AvgIpc) is 3.47. The number of aromatic nitrogens is 3. The van der Waals surface area contributed by atoms with Crippen LogP contribution in [0.1, 0.15) is 13.8 Å². The van der Waals surface area contributed by atoms with Crippen LogP contribution in [-0.2, 0) is 0 Å². The van der Waals surface area contributed by atoms with E-state index in [0.29, 0.717) is 5.82 Å². The van der Waals surface area contributed by atoms with Crippen LogP contribution in [0.2, 0.25) is 0 Å². The summed E-state index contributed by atoms with van der Waals surface area (Å²) in [6, 6.07) is 57.2. The second kappa shape index (κ2) is 12.4. The molecule has 0 aliphatic carbocycles. The number of fused-ring (bicyclic) bond motifs is 3. The van der Waals surface area contributed by atoms with E-state index in [1.165, 1.54) is 27.4 Å². The van der Waals surface area contributed by atoms with Crippen molar-refractivity contribution in [3.63, 3.8) is 0 Å². The largest absolute Gasteiger partial charge is 0.309 e. The molecule has 0 spiro atoms. The van der Waals surface area contributed by atoms with Crippen molar-refractivity contribution < 1.29 is 0 Å². The summed E-state index contributed by atoms with van der Waals surface area (Å²) in [6.45, 7) is 4.00. The third-order valence-corrected chi connectivity index (χ3v) is 8.02. The number of hydrogen-bond donors (Lipinski definition) is 0. The van der Waals surface area contributed by atoms with Crippen LogP contribution >= 0.6 is 0 Å². The molecule has 2 aromatic heterocycles. The van der Waals surface area contributed by atoms with Gasteiger partial charge in [0, 0.05) is 33.2 Å². The van der Waals surface area contributed by atoms with Gasteiger partial charge in [-0.25, -0.2) is 9.97 Å². The molecule has 6 aromatic carbocycles. The van der Waals surface area contributed by atoms with Crippen LogP contribution in [-0.4, -0.2) is 14.5 Å². The number of para-hydroxylation sites is 2. The van der Waals surface area contributed by atoms with E-state index in [4.69, 9.17) is 9.97 Å². The number of hydrogen-bond acceptors (Lipinski definition) is 2. The molecule has 0 saturated heterocycles. The van der Waals surface area contributed by atoms with Crippen molar-refractivity contribution in [3.05, 3.63) is 164 Å². The van der Waals surface area contributed by atoms with Crippen molar-refractivity contribution in [2.75, 3.05) is 0 Å². The monoisotopic (exact) mass is 579 g/mol. The Balaban J connectivity index is 0.00000160. The fourth-order valence-electron chi connectivity index (χ4n) is 5.93. The number of rotatable bonds is 5. The maximum Gasteiger partial charge on any atom is 0.160 e. The van der Waals surface area contributed by atoms with Crippen molar-refractivity contribution in [2.45, 2.75) is 13.8 Å². The summed E-state index contributed by atoms with van der Waals surface area (Å²) in [5.74, 6) is 0.704. The van der Waals surface area contributed by atoms with Crippen molar-refractivity contribution in [2.24, 2.45) is 0 Å². The van der Waals surface area contributed by atoms with Crippen molar-refractivity contribution in [3.8, 4) is 50.7 Å². The van der Waals surface area contributed by atoms with Gasteiger partial charge in [0.1, 0.15) is 0 Å². The molecule has 216 valence electrons. The van der Waals surface area contributed by atoms with Gasteiger partial charge in [0.2, 0.25) is 0 Å². The first-order valence-electron chi connectivity index (χ1n) is 15.5. The fraction of sp³-hybridized carbons (Fsp3) is 0.0476. The summed E-state index contributed by atoms with van der Waals surface area (Å²) < 4.78 is 2.33. The zero-order chi connectivity index (χ0) is 30.6. The van der Waals surface area contributed by atoms with Gasteiger partial charge in [0.05, 0.1) is 22.4 Å². The fourth-order valence-corrected chi connectivity index (χ4v) is 5.93. The molecule has 0 atom stereocenters. The highest BCUT2D eigenvalue weighted by molar-refractivity contribution is 6.09. The highest BCUT2D eigenvalue weighted by atomic mass is 15.0. The van der Waals surface area contributed by atoms with Crippen LogP contribution in [0, 0.1) is 0 Å². The molecule has 0 amide bonds. The van der Waals surface area contributed by atoms with Gasteiger partial charge in [0.25, 0.3) is 0 Å². The van der Waals surface area contributed by atoms with Gasteiger partial charge in [-0.2, -0.15) is 0 Å². The van der Waals surface area contributed by atoms with Crippen LogP contribution in [0.5, 0.6) is 0 Å². The summed E-state index contributed by atoms with van der Waals surface area (Å²) in [5.41, 5.74) is 10.7. The molecule has 8 rings (SSSR count). The first-order valence-corrected chi connectivity index (χ1v) is 15.5. The van der Waals surface area contributed by atoms with Gasteiger partial charge in [-0.15, -0.1) is 0 Å². The van der Waals surface area contributed by atoms with Crippen LogP contribution < -0.4 is 0 Å². The zero-order valence-electron chi connectivity index (χ0n) is 25.4. The van der Waals surface area contributed by atoms with E-state index in [0.717, 1.165) is 39.3 Å². The van der Waals surface area contributed by atoms with Crippen LogP contribution in [0.4, 0.5) is 0 Å². The summed E-state index contributed by atoms with van der Waals surface area (Å²) in [5, 5.41) is 2.51. The Morgan fingerprint density at radius 2 is 0.867 bits per heavy atom. The number of benzene rings is 6. The van der Waals surface area contributed by atoms with Crippen LogP contribution in [0.15, 0.2) is 164 Å². The molecule has 8 aromatic rings. The van der Waals surface area contributed by atoms with E-state index in [1.54, 1.807) is 0 Å². The second-order valence-electron chi connectivity index (χ2n) is 10.7. The van der Waals surface area contributed by atoms with Crippen LogP contribution in [0.3, 0.4) is 0 Å². The minimum atomic E-state index is 0.704. The molecule has 0 fully saturated rings.